The van der Waals surface area contributed by atoms with Crippen LogP contribution in [0.4, 0.5) is 9.93 Å². The lowest BCUT2D eigenvalue weighted by atomic mass is 9.86. The zero-order chi connectivity index (χ0) is 23.9. The van der Waals surface area contributed by atoms with E-state index in [1.807, 2.05) is 11.0 Å². The summed E-state index contributed by atoms with van der Waals surface area (Å²) < 4.78 is 0.787. The van der Waals surface area contributed by atoms with Gasteiger partial charge in [-0.05, 0) is 62.5 Å². The van der Waals surface area contributed by atoms with Gasteiger partial charge in [-0.3, -0.25) is 10.1 Å². The van der Waals surface area contributed by atoms with Crippen molar-refractivity contribution in [3.8, 4) is 0 Å². The number of unbranched alkanes of at least 4 members (excludes halogenated alkanes) is 1. The number of hydrogen-bond acceptors (Lipinski definition) is 5. The molecule has 2 amide bonds. The van der Waals surface area contributed by atoms with Crippen LogP contribution >= 0.6 is 23.1 Å². The third-order valence-electron chi connectivity index (χ3n) is 6.49. The van der Waals surface area contributed by atoms with Crippen LogP contribution in [-0.4, -0.2) is 50.3 Å². The van der Waals surface area contributed by atoms with Crippen molar-refractivity contribution in [2.75, 3.05) is 17.6 Å². The van der Waals surface area contributed by atoms with E-state index in [4.69, 9.17) is 5.11 Å². The van der Waals surface area contributed by atoms with Crippen LogP contribution in [0.3, 0.4) is 0 Å². The molecular weight excluding hydrogens is 468 g/mol. The molecular formula is C25H32N4O3S2. The van der Waals surface area contributed by atoms with E-state index >= 15 is 0 Å². The zero-order valence-corrected chi connectivity index (χ0v) is 21.1. The fourth-order valence-electron chi connectivity index (χ4n) is 4.62. The highest BCUT2D eigenvalue weighted by Gasteiger charge is 2.28. The Labute approximate surface area is 208 Å². The second kappa shape index (κ2) is 11.8. The summed E-state index contributed by atoms with van der Waals surface area (Å²) in [6.07, 6.45) is 11.0. The van der Waals surface area contributed by atoms with Crippen LogP contribution in [0.25, 0.3) is 10.9 Å². The summed E-state index contributed by atoms with van der Waals surface area (Å²) in [7, 11) is 0. The van der Waals surface area contributed by atoms with Gasteiger partial charge in [-0.1, -0.05) is 36.5 Å². The lowest BCUT2D eigenvalue weighted by molar-refractivity contribution is -0.133. The average Bonchev–Trinajstić information content (AvgIpc) is 3.45. The summed E-state index contributed by atoms with van der Waals surface area (Å²) in [6, 6.07) is 8.52. The van der Waals surface area contributed by atoms with Crippen LogP contribution < -0.4 is 5.32 Å². The van der Waals surface area contributed by atoms with E-state index in [1.165, 1.54) is 39.6 Å². The molecule has 0 spiro atoms. The third-order valence-corrected chi connectivity index (χ3v) is 8.59. The molecule has 34 heavy (non-hydrogen) atoms. The van der Waals surface area contributed by atoms with Crippen molar-refractivity contribution in [3.63, 3.8) is 0 Å². The number of para-hydroxylation sites is 1. The molecule has 2 aromatic heterocycles. The van der Waals surface area contributed by atoms with E-state index in [0.29, 0.717) is 5.13 Å². The second-order valence-electron chi connectivity index (χ2n) is 9.02. The van der Waals surface area contributed by atoms with E-state index in [9.17, 15) is 9.59 Å². The molecule has 0 atom stereocenters. The molecule has 0 aliphatic heterocycles. The Hall–Kier alpha value is -2.52. The van der Waals surface area contributed by atoms with E-state index in [1.54, 1.807) is 6.20 Å². The highest BCUT2D eigenvalue weighted by atomic mass is 32.2. The van der Waals surface area contributed by atoms with Crippen molar-refractivity contribution in [2.24, 2.45) is 5.92 Å². The number of carboxylic acid groups (broad SMARTS) is 1. The molecule has 0 bridgehead atoms. The number of fused-ring (bicyclic) bond motifs is 1. The molecule has 1 aromatic carbocycles. The number of thioether (sulfide) groups is 1. The molecule has 182 valence electrons. The molecule has 0 unspecified atom stereocenters. The van der Waals surface area contributed by atoms with Gasteiger partial charge in [-0.15, -0.1) is 11.8 Å². The van der Waals surface area contributed by atoms with Gasteiger partial charge in [0.05, 0.1) is 16.2 Å². The number of aliphatic carboxylic acids is 1. The number of benzene rings is 1. The van der Waals surface area contributed by atoms with E-state index < -0.39 is 5.97 Å². The number of nitrogens with zero attached hydrogens (tertiary/aromatic N) is 2. The Morgan fingerprint density at radius 2 is 2.03 bits per heavy atom. The Morgan fingerprint density at radius 3 is 2.82 bits per heavy atom. The fourth-order valence-corrected chi connectivity index (χ4v) is 6.20. The van der Waals surface area contributed by atoms with Gasteiger partial charge in [-0.2, -0.15) is 0 Å². The van der Waals surface area contributed by atoms with Gasteiger partial charge < -0.3 is 15.0 Å². The molecule has 1 saturated carbocycles. The number of aromatic amines is 1. The Balaban J connectivity index is 1.34. The first kappa shape index (κ1) is 24.6. The van der Waals surface area contributed by atoms with Gasteiger partial charge in [0, 0.05) is 29.7 Å². The van der Waals surface area contributed by atoms with Crippen LogP contribution in [0, 0.1) is 5.92 Å². The first-order valence-corrected chi connectivity index (χ1v) is 13.7. The summed E-state index contributed by atoms with van der Waals surface area (Å²) >= 11 is 2.54. The summed E-state index contributed by atoms with van der Waals surface area (Å²) in [4.78, 5) is 33.7. The van der Waals surface area contributed by atoms with E-state index in [-0.39, 0.29) is 17.8 Å². The quantitative estimate of drug-likeness (QED) is 0.226. The van der Waals surface area contributed by atoms with Gasteiger partial charge in [0.2, 0.25) is 0 Å². The Bertz CT molecular complexity index is 1100. The molecule has 4 rings (SSSR count). The maximum absolute atomic E-state index is 13.2. The van der Waals surface area contributed by atoms with Gasteiger partial charge >= 0.3 is 12.0 Å². The number of anilines is 1. The Kier molecular flexibility index (Phi) is 8.50. The number of carboxylic acids is 1. The molecule has 1 fully saturated rings. The lowest BCUT2D eigenvalue weighted by Crippen LogP contribution is -2.45. The highest BCUT2D eigenvalue weighted by Crippen LogP contribution is 2.30. The molecule has 0 saturated heterocycles. The summed E-state index contributed by atoms with van der Waals surface area (Å²) in [5.41, 5.74) is 2.49. The summed E-state index contributed by atoms with van der Waals surface area (Å²) in [5, 5.41) is 13.6. The summed E-state index contributed by atoms with van der Waals surface area (Å²) in [6.45, 7) is 3.01. The minimum Gasteiger partial charge on any atom is -0.481 e. The first-order chi connectivity index (χ1) is 16.5. The minimum absolute atomic E-state index is 0.0155. The van der Waals surface area contributed by atoms with Crippen molar-refractivity contribution in [2.45, 2.75) is 62.1 Å². The number of hydrogen-bond donors (Lipinski definition) is 3. The molecule has 1 aliphatic carbocycles. The number of amides is 2. The van der Waals surface area contributed by atoms with E-state index in [2.05, 4.69) is 46.6 Å². The number of aromatic nitrogens is 2. The SMILES string of the molecule is C[C@H]1CC[C@H](N(CCCCc2c[nH]c3ccccc23)C(=O)Nc2ncc(SCC(=O)O)s2)CC1. The number of carbonyl (C=O) groups excluding carboxylic acids is 1. The second-order valence-corrected chi connectivity index (χ2v) is 11.3. The number of nitrogens with one attached hydrogen (secondary N) is 2. The number of carbonyl (C=O) groups is 2. The highest BCUT2D eigenvalue weighted by molar-refractivity contribution is 8.01. The lowest BCUT2D eigenvalue weighted by Gasteiger charge is -2.36. The number of thiazole rings is 1. The van der Waals surface area contributed by atoms with Crippen LogP contribution in [0.15, 0.2) is 40.9 Å². The van der Waals surface area contributed by atoms with Crippen molar-refractivity contribution in [1.82, 2.24) is 14.9 Å². The predicted molar refractivity (Wildman–Crippen MR) is 139 cm³/mol. The molecule has 1 aliphatic rings. The van der Waals surface area contributed by atoms with Crippen molar-refractivity contribution in [3.05, 3.63) is 42.2 Å². The molecule has 7 nitrogen and oxygen atoms in total. The molecule has 9 heteroatoms. The van der Waals surface area contributed by atoms with Crippen LogP contribution in [0.5, 0.6) is 0 Å². The normalized spacial score (nSPS) is 18.1. The number of H-pyrrole nitrogens is 1. The average molecular weight is 501 g/mol. The third kappa shape index (κ3) is 6.54. The standard InChI is InChI=1S/C25H32N4O3S2/c1-17-9-11-19(12-10-17)29(25(32)28-24-27-15-23(34-24)33-16-22(30)31)13-5-4-6-18-14-26-21-8-3-2-7-20(18)21/h2-3,7-8,14-15,17,19,26H,4-6,9-13,16H2,1H3,(H,30,31)(H,27,28,32)/t17-,19-. The maximum atomic E-state index is 13.2. The van der Waals surface area contributed by atoms with Crippen molar-refractivity contribution < 1.29 is 14.7 Å². The van der Waals surface area contributed by atoms with Crippen LogP contribution in [-0.2, 0) is 11.2 Å². The monoisotopic (exact) mass is 500 g/mol. The van der Waals surface area contributed by atoms with Gasteiger partial charge in [-0.25, -0.2) is 9.78 Å². The van der Waals surface area contributed by atoms with Gasteiger partial charge in [0.15, 0.2) is 5.13 Å². The number of aryl methyl sites for hydroxylation is 1. The largest absolute Gasteiger partial charge is 0.481 e. The molecule has 3 aromatic rings. The maximum Gasteiger partial charge on any atom is 0.323 e. The van der Waals surface area contributed by atoms with Crippen molar-refractivity contribution in [1.29, 1.82) is 0 Å². The topological polar surface area (TPSA) is 98.3 Å². The van der Waals surface area contributed by atoms with E-state index in [0.717, 1.165) is 61.6 Å². The fraction of sp³-hybridized carbons (Fsp3) is 0.480. The minimum atomic E-state index is -0.866. The predicted octanol–water partition coefficient (Wildman–Crippen LogP) is 6.24. The smallest absolute Gasteiger partial charge is 0.323 e. The molecule has 0 radical (unpaired) electrons. The number of rotatable bonds is 10. The zero-order valence-electron chi connectivity index (χ0n) is 19.5. The van der Waals surface area contributed by atoms with Gasteiger partial charge in [0.1, 0.15) is 0 Å². The van der Waals surface area contributed by atoms with Crippen molar-refractivity contribution >= 4 is 51.1 Å². The van der Waals surface area contributed by atoms with Crippen LogP contribution in [0.2, 0.25) is 0 Å². The first-order valence-electron chi connectivity index (χ1n) is 11.9. The van der Waals surface area contributed by atoms with Gasteiger partial charge in [0.25, 0.3) is 0 Å². The Morgan fingerprint density at radius 1 is 1.24 bits per heavy atom. The summed E-state index contributed by atoms with van der Waals surface area (Å²) in [5.74, 6) is -0.164. The molecule has 3 N–H and O–H groups in total. The number of urea groups is 1. The van der Waals surface area contributed by atoms with Crippen LogP contribution in [0.1, 0.15) is 51.0 Å². The molecule has 2 heterocycles.